The molecule has 0 unspecified atom stereocenters. The van der Waals surface area contributed by atoms with Gasteiger partial charge in [0, 0.05) is 25.0 Å². The van der Waals surface area contributed by atoms with Gasteiger partial charge < -0.3 is 10.6 Å². The number of anilines is 1. The Morgan fingerprint density at radius 3 is 3.20 bits per heavy atom. The fourth-order valence-corrected chi connectivity index (χ4v) is 1.96. The van der Waals surface area contributed by atoms with Gasteiger partial charge >= 0.3 is 0 Å². The molecule has 0 spiro atoms. The summed E-state index contributed by atoms with van der Waals surface area (Å²) in [5, 5.41) is 7.31. The summed E-state index contributed by atoms with van der Waals surface area (Å²) in [7, 11) is 1.90. The second-order valence-corrected chi connectivity index (χ2v) is 3.33. The quantitative estimate of drug-likeness (QED) is 0.629. The first kappa shape index (κ1) is 6.12. The Morgan fingerprint density at radius 1 is 1.60 bits per heavy atom. The van der Waals surface area contributed by atoms with Crippen molar-refractivity contribution < 1.29 is 0 Å². The van der Waals surface area contributed by atoms with E-state index in [9.17, 15) is 0 Å². The van der Waals surface area contributed by atoms with Crippen molar-refractivity contribution in [2.24, 2.45) is 0 Å². The van der Waals surface area contributed by atoms with Crippen LogP contribution in [0.1, 0.15) is 10.6 Å². The van der Waals surface area contributed by atoms with Crippen LogP contribution in [0.5, 0.6) is 0 Å². The predicted molar refractivity (Wildman–Crippen MR) is 42.2 cm³/mol. The fourth-order valence-electron chi connectivity index (χ4n) is 1.06. The molecular weight excluding hydrogens is 146 g/mol. The SMILES string of the molecule is CNc1nc2c(s1)CNC2. The Balaban J connectivity index is 2.37. The molecule has 0 radical (unpaired) electrons. The fraction of sp³-hybridized carbons (Fsp3) is 0.500. The first-order valence-corrected chi connectivity index (χ1v) is 4.09. The van der Waals surface area contributed by atoms with Crippen molar-refractivity contribution in [2.75, 3.05) is 12.4 Å². The molecule has 1 aromatic rings. The van der Waals surface area contributed by atoms with Gasteiger partial charge in [-0.25, -0.2) is 4.98 Å². The van der Waals surface area contributed by atoms with E-state index in [4.69, 9.17) is 0 Å². The lowest BCUT2D eigenvalue weighted by atomic mass is 10.4. The Morgan fingerprint density at radius 2 is 2.50 bits per heavy atom. The second-order valence-electron chi connectivity index (χ2n) is 2.24. The van der Waals surface area contributed by atoms with Gasteiger partial charge in [0.05, 0.1) is 5.69 Å². The standard InChI is InChI=1S/C6H9N3S/c1-7-6-9-4-2-8-3-5(4)10-6/h8H,2-3H2,1H3,(H,7,9). The molecule has 2 heterocycles. The number of rotatable bonds is 1. The number of nitrogens with zero attached hydrogens (tertiary/aromatic N) is 1. The van der Waals surface area contributed by atoms with E-state index < -0.39 is 0 Å². The summed E-state index contributed by atoms with van der Waals surface area (Å²) in [6.45, 7) is 1.93. The van der Waals surface area contributed by atoms with E-state index in [1.165, 1.54) is 10.6 Å². The third-order valence-electron chi connectivity index (χ3n) is 1.57. The lowest BCUT2D eigenvalue weighted by molar-refractivity contribution is 0.759. The molecule has 1 aliphatic rings. The molecule has 4 heteroatoms. The van der Waals surface area contributed by atoms with Crippen LogP contribution < -0.4 is 10.6 Å². The van der Waals surface area contributed by atoms with E-state index >= 15 is 0 Å². The molecule has 0 aliphatic carbocycles. The van der Waals surface area contributed by atoms with Crippen molar-refractivity contribution in [3.63, 3.8) is 0 Å². The van der Waals surface area contributed by atoms with Gasteiger partial charge in [-0.1, -0.05) is 0 Å². The van der Waals surface area contributed by atoms with Gasteiger partial charge in [-0.2, -0.15) is 0 Å². The molecule has 0 saturated carbocycles. The second kappa shape index (κ2) is 2.21. The summed E-state index contributed by atoms with van der Waals surface area (Å²) in [5.41, 5.74) is 1.22. The van der Waals surface area contributed by atoms with Crippen molar-refractivity contribution in [3.05, 3.63) is 10.6 Å². The number of fused-ring (bicyclic) bond motifs is 1. The van der Waals surface area contributed by atoms with Crippen molar-refractivity contribution in [3.8, 4) is 0 Å². The van der Waals surface area contributed by atoms with Gasteiger partial charge in [0.15, 0.2) is 5.13 Å². The van der Waals surface area contributed by atoms with Crippen molar-refractivity contribution in [2.45, 2.75) is 13.1 Å². The molecule has 10 heavy (non-hydrogen) atoms. The highest BCUT2D eigenvalue weighted by Crippen LogP contribution is 2.25. The van der Waals surface area contributed by atoms with Crippen LogP contribution in [-0.4, -0.2) is 12.0 Å². The Labute approximate surface area is 63.5 Å². The first-order chi connectivity index (χ1) is 4.90. The van der Waals surface area contributed by atoms with Gasteiger partial charge in [-0.15, -0.1) is 11.3 Å². The minimum Gasteiger partial charge on any atom is -0.365 e. The number of hydrogen-bond donors (Lipinski definition) is 2. The highest BCUT2D eigenvalue weighted by Gasteiger charge is 2.14. The number of thiazole rings is 1. The van der Waals surface area contributed by atoms with Crippen LogP contribution in [0, 0.1) is 0 Å². The average molecular weight is 155 g/mol. The molecule has 0 atom stereocenters. The molecule has 0 aromatic carbocycles. The van der Waals surface area contributed by atoms with Crippen LogP contribution in [0.2, 0.25) is 0 Å². The average Bonchev–Trinajstić information content (AvgIpc) is 2.42. The molecule has 0 bridgehead atoms. The minimum atomic E-state index is 0.938. The maximum Gasteiger partial charge on any atom is 0.182 e. The Hall–Kier alpha value is -0.610. The van der Waals surface area contributed by atoms with Gasteiger partial charge in [0.1, 0.15) is 0 Å². The summed E-state index contributed by atoms with van der Waals surface area (Å²) in [5.74, 6) is 0. The topological polar surface area (TPSA) is 37.0 Å². The smallest absolute Gasteiger partial charge is 0.182 e. The zero-order valence-corrected chi connectivity index (χ0v) is 6.59. The van der Waals surface area contributed by atoms with Crippen LogP contribution in [0.25, 0.3) is 0 Å². The lowest BCUT2D eigenvalue weighted by Crippen LogP contribution is -2.01. The van der Waals surface area contributed by atoms with Crippen LogP contribution >= 0.6 is 11.3 Å². The van der Waals surface area contributed by atoms with E-state index in [1.807, 2.05) is 7.05 Å². The monoisotopic (exact) mass is 155 g/mol. The molecule has 3 nitrogen and oxygen atoms in total. The van der Waals surface area contributed by atoms with E-state index in [2.05, 4.69) is 15.6 Å². The summed E-state index contributed by atoms with van der Waals surface area (Å²) >= 11 is 1.74. The van der Waals surface area contributed by atoms with Crippen molar-refractivity contribution in [1.82, 2.24) is 10.3 Å². The zero-order valence-electron chi connectivity index (χ0n) is 5.77. The summed E-state index contributed by atoms with van der Waals surface area (Å²) < 4.78 is 0. The zero-order chi connectivity index (χ0) is 6.97. The molecule has 1 aromatic heterocycles. The van der Waals surface area contributed by atoms with E-state index in [0.717, 1.165) is 18.2 Å². The minimum absolute atomic E-state index is 0.938. The summed E-state index contributed by atoms with van der Waals surface area (Å²) in [6.07, 6.45) is 0. The van der Waals surface area contributed by atoms with Gasteiger partial charge in [-0.3, -0.25) is 0 Å². The van der Waals surface area contributed by atoms with Crippen molar-refractivity contribution in [1.29, 1.82) is 0 Å². The van der Waals surface area contributed by atoms with E-state index in [-0.39, 0.29) is 0 Å². The van der Waals surface area contributed by atoms with Crippen molar-refractivity contribution >= 4 is 16.5 Å². The third kappa shape index (κ3) is 0.803. The van der Waals surface area contributed by atoms with Crippen LogP contribution in [0.15, 0.2) is 0 Å². The maximum atomic E-state index is 4.35. The van der Waals surface area contributed by atoms with Gasteiger partial charge in [0.2, 0.25) is 0 Å². The highest BCUT2D eigenvalue weighted by atomic mass is 32.1. The maximum absolute atomic E-state index is 4.35. The third-order valence-corrected chi connectivity index (χ3v) is 2.69. The molecule has 0 fully saturated rings. The number of aromatic nitrogens is 1. The molecular formula is C6H9N3S. The predicted octanol–water partition coefficient (Wildman–Crippen LogP) is 0.788. The molecule has 2 N–H and O–H groups in total. The molecule has 0 amide bonds. The molecule has 0 saturated heterocycles. The summed E-state index contributed by atoms with van der Waals surface area (Å²) in [6, 6.07) is 0. The molecule has 2 rings (SSSR count). The first-order valence-electron chi connectivity index (χ1n) is 3.27. The van der Waals surface area contributed by atoms with E-state index in [0.29, 0.717) is 0 Å². The molecule has 1 aliphatic heterocycles. The van der Waals surface area contributed by atoms with E-state index in [1.54, 1.807) is 11.3 Å². The largest absolute Gasteiger partial charge is 0.365 e. The van der Waals surface area contributed by atoms with Crippen LogP contribution in [0.3, 0.4) is 0 Å². The number of hydrogen-bond acceptors (Lipinski definition) is 4. The van der Waals surface area contributed by atoms with Gasteiger partial charge in [0.25, 0.3) is 0 Å². The number of nitrogens with one attached hydrogen (secondary N) is 2. The molecule has 54 valence electrons. The lowest BCUT2D eigenvalue weighted by Gasteiger charge is -1.90. The van der Waals surface area contributed by atoms with Gasteiger partial charge in [-0.05, 0) is 0 Å². The Kier molecular flexibility index (Phi) is 1.35. The normalized spacial score (nSPS) is 15.3. The highest BCUT2D eigenvalue weighted by molar-refractivity contribution is 7.15. The van der Waals surface area contributed by atoms with Crippen LogP contribution in [-0.2, 0) is 13.1 Å². The van der Waals surface area contributed by atoms with Crippen LogP contribution in [0.4, 0.5) is 5.13 Å². The summed E-state index contributed by atoms with van der Waals surface area (Å²) in [4.78, 5) is 5.73. The Bertz CT molecular complexity index is 222.